The maximum atomic E-state index is 11.5. The van der Waals surface area contributed by atoms with E-state index in [0.717, 1.165) is 63.6 Å². The standard InChI is InChI=1S/C24H44N2O2/c1-15(2)14-26-11-8-17-12-18(27)6-9-24(17,5)19-7-10-23(4)16(3)21(25)13-20(23)22(19)28/h15,17-22,26-28H,3,6-14,25H2,1-2,4-5H3/t17-,18-,19?,20?,21?,22-,23-,24-/m1/s1. The van der Waals surface area contributed by atoms with Crippen LogP contribution in [-0.4, -0.2) is 41.6 Å². The summed E-state index contributed by atoms with van der Waals surface area (Å²) in [6.45, 7) is 15.5. The molecule has 3 fully saturated rings. The molecule has 0 bridgehead atoms. The van der Waals surface area contributed by atoms with Crippen LogP contribution in [0.3, 0.4) is 0 Å². The highest BCUT2D eigenvalue weighted by Gasteiger charge is 2.58. The zero-order chi connectivity index (χ0) is 20.7. The molecule has 0 spiro atoms. The van der Waals surface area contributed by atoms with E-state index in [1.807, 2.05) is 0 Å². The topological polar surface area (TPSA) is 78.5 Å². The van der Waals surface area contributed by atoms with Gasteiger partial charge in [-0.15, -0.1) is 0 Å². The first-order valence-corrected chi connectivity index (χ1v) is 11.6. The Morgan fingerprint density at radius 2 is 1.86 bits per heavy atom. The van der Waals surface area contributed by atoms with E-state index in [2.05, 4.69) is 39.6 Å². The van der Waals surface area contributed by atoms with Gasteiger partial charge < -0.3 is 21.3 Å². The molecule has 4 heteroatoms. The first-order valence-electron chi connectivity index (χ1n) is 11.6. The van der Waals surface area contributed by atoms with Crippen LogP contribution in [0.5, 0.6) is 0 Å². The Balaban J connectivity index is 1.74. The molecular weight excluding hydrogens is 348 g/mol. The van der Waals surface area contributed by atoms with E-state index < -0.39 is 0 Å². The maximum Gasteiger partial charge on any atom is 0.0610 e. The van der Waals surface area contributed by atoms with E-state index in [4.69, 9.17) is 5.73 Å². The maximum absolute atomic E-state index is 11.5. The van der Waals surface area contributed by atoms with E-state index >= 15 is 0 Å². The molecule has 0 heterocycles. The Bertz CT molecular complexity index is 565. The fourth-order valence-corrected chi connectivity index (χ4v) is 6.83. The molecule has 0 aromatic heterocycles. The summed E-state index contributed by atoms with van der Waals surface area (Å²) in [5.74, 6) is 1.64. The van der Waals surface area contributed by atoms with Crippen LogP contribution in [-0.2, 0) is 0 Å². The van der Waals surface area contributed by atoms with E-state index in [9.17, 15) is 10.2 Å². The number of aliphatic hydroxyl groups is 2. The summed E-state index contributed by atoms with van der Waals surface area (Å²) < 4.78 is 0. The first kappa shape index (κ1) is 22.3. The minimum absolute atomic E-state index is 0.00576. The molecular formula is C24H44N2O2. The molecule has 3 unspecified atom stereocenters. The number of fused-ring (bicyclic) bond motifs is 1. The Morgan fingerprint density at radius 3 is 2.54 bits per heavy atom. The third-order valence-electron chi connectivity index (χ3n) is 8.88. The molecule has 0 aliphatic heterocycles. The molecule has 4 nitrogen and oxygen atoms in total. The van der Waals surface area contributed by atoms with Crippen LogP contribution >= 0.6 is 0 Å². The molecule has 0 amide bonds. The molecule has 0 aromatic rings. The summed E-state index contributed by atoms with van der Waals surface area (Å²) in [5, 5.41) is 25.5. The second kappa shape index (κ2) is 8.37. The van der Waals surface area contributed by atoms with Crippen LogP contribution in [0.4, 0.5) is 0 Å². The van der Waals surface area contributed by atoms with Crippen LogP contribution in [0, 0.1) is 34.5 Å². The smallest absolute Gasteiger partial charge is 0.0610 e. The molecule has 0 radical (unpaired) electrons. The Hall–Kier alpha value is -0.420. The fourth-order valence-electron chi connectivity index (χ4n) is 6.83. The van der Waals surface area contributed by atoms with Crippen molar-refractivity contribution in [2.24, 2.45) is 40.2 Å². The van der Waals surface area contributed by atoms with Gasteiger partial charge in [-0.2, -0.15) is 0 Å². The Morgan fingerprint density at radius 1 is 1.14 bits per heavy atom. The van der Waals surface area contributed by atoms with Gasteiger partial charge in [0.25, 0.3) is 0 Å². The van der Waals surface area contributed by atoms with Crippen molar-refractivity contribution in [2.75, 3.05) is 13.1 Å². The summed E-state index contributed by atoms with van der Waals surface area (Å²) in [4.78, 5) is 0. The third-order valence-corrected chi connectivity index (χ3v) is 8.88. The Kier molecular flexibility index (Phi) is 6.66. The van der Waals surface area contributed by atoms with Crippen LogP contribution < -0.4 is 11.1 Å². The normalized spacial score (nSPS) is 46.8. The predicted molar refractivity (Wildman–Crippen MR) is 116 cm³/mol. The van der Waals surface area contributed by atoms with E-state index in [0.29, 0.717) is 17.8 Å². The average Bonchev–Trinajstić information content (AvgIpc) is 2.86. The zero-order valence-electron chi connectivity index (χ0n) is 18.6. The van der Waals surface area contributed by atoms with Crippen molar-refractivity contribution in [3.63, 3.8) is 0 Å². The van der Waals surface area contributed by atoms with Gasteiger partial charge in [0.05, 0.1) is 12.2 Å². The van der Waals surface area contributed by atoms with Crippen molar-refractivity contribution >= 4 is 0 Å². The number of aliphatic hydroxyl groups excluding tert-OH is 2. The highest BCUT2D eigenvalue weighted by atomic mass is 16.3. The summed E-state index contributed by atoms with van der Waals surface area (Å²) in [6.07, 6.45) is 6.33. The number of hydrogen-bond acceptors (Lipinski definition) is 4. The third kappa shape index (κ3) is 3.95. The van der Waals surface area contributed by atoms with Gasteiger partial charge in [0.15, 0.2) is 0 Å². The van der Waals surface area contributed by atoms with Crippen molar-refractivity contribution in [1.29, 1.82) is 0 Å². The van der Waals surface area contributed by atoms with Crippen LogP contribution in [0.25, 0.3) is 0 Å². The number of nitrogens with one attached hydrogen (secondary N) is 1. The van der Waals surface area contributed by atoms with Crippen LogP contribution in [0.1, 0.15) is 72.6 Å². The molecule has 28 heavy (non-hydrogen) atoms. The van der Waals surface area contributed by atoms with Crippen LogP contribution in [0.15, 0.2) is 12.2 Å². The second-order valence-electron chi connectivity index (χ2n) is 11.0. The molecule has 0 saturated heterocycles. The van der Waals surface area contributed by atoms with Crippen molar-refractivity contribution in [3.8, 4) is 0 Å². The van der Waals surface area contributed by atoms with E-state index in [-0.39, 0.29) is 35.0 Å². The lowest BCUT2D eigenvalue weighted by Crippen LogP contribution is -2.53. The predicted octanol–water partition coefficient (Wildman–Crippen LogP) is 3.47. The van der Waals surface area contributed by atoms with Crippen molar-refractivity contribution in [3.05, 3.63) is 12.2 Å². The SMILES string of the molecule is C=C1C(N)CC2[C@H](O)C([C@]3(C)CC[C@@H](O)C[C@H]3CCNCC(C)C)CC[C@]12C. The number of rotatable bonds is 6. The summed E-state index contributed by atoms with van der Waals surface area (Å²) in [6, 6.07) is 0.0282. The van der Waals surface area contributed by atoms with Gasteiger partial charge in [0, 0.05) is 6.04 Å². The molecule has 3 aliphatic carbocycles. The molecule has 3 rings (SSSR count). The highest BCUT2D eigenvalue weighted by Crippen LogP contribution is 2.61. The fraction of sp³-hybridized carbons (Fsp3) is 0.917. The van der Waals surface area contributed by atoms with Gasteiger partial charge >= 0.3 is 0 Å². The summed E-state index contributed by atoms with van der Waals surface area (Å²) in [7, 11) is 0. The molecule has 162 valence electrons. The zero-order valence-corrected chi connectivity index (χ0v) is 18.6. The minimum atomic E-state index is -0.310. The van der Waals surface area contributed by atoms with Crippen molar-refractivity contribution in [1.82, 2.24) is 5.32 Å². The number of nitrogens with two attached hydrogens (primary N) is 1. The molecule has 3 saturated carbocycles. The van der Waals surface area contributed by atoms with Gasteiger partial charge in [-0.25, -0.2) is 0 Å². The largest absolute Gasteiger partial charge is 0.393 e. The highest BCUT2D eigenvalue weighted by molar-refractivity contribution is 5.26. The van der Waals surface area contributed by atoms with Gasteiger partial charge in [-0.3, -0.25) is 0 Å². The lowest BCUT2D eigenvalue weighted by Gasteiger charge is -2.55. The first-order chi connectivity index (χ1) is 13.1. The molecule has 0 aromatic carbocycles. The van der Waals surface area contributed by atoms with Crippen LogP contribution in [0.2, 0.25) is 0 Å². The van der Waals surface area contributed by atoms with E-state index in [1.54, 1.807) is 0 Å². The quantitative estimate of drug-likeness (QED) is 0.412. The van der Waals surface area contributed by atoms with E-state index in [1.165, 1.54) is 0 Å². The van der Waals surface area contributed by atoms with Crippen molar-refractivity contribution in [2.45, 2.75) is 90.9 Å². The van der Waals surface area contributed by atoms with Gasteiger partial charge in [-0.1, -0.05) is 39.8 Å². The average molecular weight is 393 g/mol. The van der Waals surface area contributed by atoms with Gasteiger partial charge in [-0.05, 0) is 92.5 Å². The van der Waals surface area contributed by atoms with Gasteiger partial charge in [0.1, 0.15) is 0 Å². The lowest BCUT2D eigenvalue weighted by molar-refractivity contribution is -0.120. The molecule has 8 atom stereocenters. The summed E-state index contributed by atoms with van der Waals surface area (Å²) in [5.41, 5.74) is 7.57. The monoisotopic (exact) mass is 392 g/mol. The molecule has 5 N–H and O–H groups in total. The van der Waals surface area contributed by atoms with Crippen molar-refractivity contribution < 1.29 is 10.2 Å². The molecule has 3 aliphatic rings. The van der Waals surface area contributed by atoms with Gasteiger partial charge in [0.2, 0.25) is 0 Å². The Labute approximate surface area is 172 Å². The minimum Gasteiger partial charge on any atom is -0.393 e. The number of hydrogen-bond donors (Lipinski definition) is 4. The summed E-state index contributed by atoms with van der Waals surface area (Å²) >= 11 is 0. The second-order valence-corrected chi connectivity index (χ2v) is 11.0. The lowest BCUT2D eigenvalue weighted by atomic mass is 9.51.